The van der Waals surface area contributed by atoms with Crippen LogP contribution >= 0.6 is 15.9 Å². The lowest BCUT2D eigenvalue weighted by molar-refractivity contribution is 0.190. The minimum absolute atomic E-state index is 0.205. The average Bonchev–Trinajstić information content (AvgIpc) is 3.15. The van der Waals surface area contributed by atoms with Crippen LogP contribution in [0.5, 0.6) is 0 Å². The van der Waals surface area contributed by atoms with Crippen LogP contribution in [0.3, 0.4) is 0 Å². The highest BCUT2D eigenvalue weighted by molar-refractivity contribution is 9.10. The summed E-state index contributed by atoms with van der Waals surface area (Å²) >= 11 is 3.57. The average molecular weight is 446 g/mol. The van der Waals surface area contributed by atoms with Crippen molar-refractivity contribution in [1.82, 2.24) is 9.88 Å². The molecule has 3 aromatic carbocycles. The number of urea groups is 1. The summed E-state index contributed by atoms with van der Waals surface area (Å²) < 4.78 is 1.01. The smallest absolute Gasteiger partial charge is 0.315 e. The number of aromatic amines is 1. The van der Waals surface area contributed by atoms with E-state index in [9.17, 15) is 4.79 Å². The lowest BCUT2D eigenvalue weighted by atomic mass is 9.86. The Hall–Kier alpha value is -3.05. The molecule has 0 fully saturated rings. The molecular weight excluding hydrogens is 426 g/mol. The van der Waals surface area contributed by atoms with E-state index in [1.807, 2.05) is 24.4 Å². The zero-order chi connectivity index (χ0) is 20.0. The first kappa shape index (κ1) is 18.0. The monoisotopic (exact) mass is 445 g/mol. The quantitative estimate of drug-likeness (QED) is 0.412. The number of benzene rings is 3. The second-order valence-corrected chi connectivity index (χ2v) is 8.31. The van der Waals surface area contributed by atoms with Gasteiger partial charge in [0.1, 0.15) is 0 Å². The Balaban J connectivity index is 1.67. The van der Waals surface area contributed by atoms with Gasteiger partial charge in [0.2, 0.25) is 0 Å². The first-order valence-electron chi connectivity index (χ1n) is 9.62. The molecule has 1 unspecified atom stereocenters. The van der Waals surface area contributed by atoms with Gasteiger partial charge in [-0.2, -0.15) is 0 Å². The fourth-order valence-corrected chi connectivity index (χ4v) is 4.71. The largest absolute Gasteiger partial charge is 0.361 e. The lowest BCUT2D eigenvalue weighted by Crippen LogP contribution is -2.43. The Labute approximate surface area is 177 Å². The second kappa shape index (κ2) is 7.08. The normalized spacial score (nSPS) is 16.0. The maximum atomic E-state index is 12.3. The van der Waals surface area contributed by atoms with E-state index in [0.717, 1.165) is 32.9 Å². The number of nitrogens with zero attached hydrogens (tertiary/aromatic N) is 1. The van der Waals surface area contributed by atoms with Gasteiger partial charge in [0, 0.05) is 33.7 Å². The Kier molecular flexibility index (Phi) is 4.40. The van der Waals surface area contributed by atoms with Gasteiger partial charge in [-0.1, -0.05) is 64.5 Å². The summed E-state index contributed by atoms with van der Waals surface area (Å²) in [5.41, 5.74) is 12.7. The number of hydrogen-bond donors (Lipinski definition) is 2. The summed E-state index contributed by atoms with van der Waals surface area (Å²) in [6.45, 7) is 0.603. The standard InChI is InChI=1S/C24H20BrN3O/c25-18-7-9-22-20(13-18)21(14-27-22)23-19-8-6-16(15-4-2-1-3-5-15)12-17(19)10-11-28(23)24(26)29/h1-9,12-14,23,27H,10-11H2,(H2,26,29). The number of aromatic nitrogens is 1. The third kappa shape index (κ3) is 3.12. The van der Waals surface area contributed by atoms with E-state index in [0.29, 0.717) is 6.54 Å². The summed E-state index contributed by atoms with van der Waals surface area (Å²) in [6.07, 6.45) is 2.79. The van der Waals surface area contributed by atoms with Crippen LogP contribution in [0.15, 0.2) is 77.4 Å². The van der Waals surface area contributed by atoms with Crippen molar-refractivity contribution in [2.75, 3.05) is 6.54 Å². The van der Waals surface area contributed by atoms with Crippen molar-refractivity contribution < 1.29 is 4.79 Å². The summed E-state index contributed by atoms with van der Waals surface area (Å²) in [6, 6.07) is 22.4. The Morgan fingerprint density at radius 2 is 1.83 bits per heavy atom. The fourth-order valence-electron chi connectivity index (χ4n) is 4.35. The number of H-pyrrole nitrogens is 1. The molecule has 4 aromatic rings. The number of halogens is 1. The van der Waals surface area contributed by atoms with Crippen molar-refractivity contribution >= 4 is 32.9 Å². The zero-order valence-corrected chi connectivity index (χ0v) is 17.3. The SMILES string of the molecule is NC(=O)N1CCc2cc(-c3ccccc3)ccc2C1c1c[nH]c2ccc(Br)cc12. The van der Waals surface area contributed by atoms with Crippen molar-refractivity contribution in [1.29, 1.82) is 0 Å². The van der Waals surface area contributed by atoms with Gasteiger partial charge in [0.15, 0.2) is 0 Å². The third-order valence-electron chi connectivity index (χ3n) is 5.73. The molecule has 0 saturated carbocycles. The van der Waals surface area contributed by atoms with Crippen molar-refractivity contribution in [3.63, 3.8) is 0 Å². The van der Waals surface area contributed by atoms with E-state index >= 15 is 0 Å². The van der Waals surface area contributed by atoms with Gasteiger partial charge in [-0.05, 0) is 46.9 Å². The van der Waals surface area contributed by atoms with E-state index < -0.39 is 6.03 Å². The maximum absolute atomic E-state index is 12.3. The topological polar surface area (TPSA) is 62.1 Å². The van der Waals surface area contributed by atoms with Crippen molar-refractivity contribution in [2.24, 2.45) is 5.73 Å². The first-order chi connectivity index (χ1) is 14.1. The molecule has 1 aliphatic rings. The Morgan fingerprint density at radius 1 is 1.00 bits per heavy atom. The van der Waals surface area contributed by atoms with Crippen LogP contribution in [0.1, 0.15) is 22.7 Å². The summed E-state index contributed by atoms with van der Waals surface area (Å²) in [7, 11) is 0. The molecule has 4 nitrogen and oxygen atoms in total. The fraction of sp³-hybridized carbons (Fsp3) is 0.125. The highest BCUT2D eigenvalue weighted by Crippen LogP contribution is 2.40. The minimum atomic E-state index is -0.392. The Bertz CT molecular complexity index is 1220. The van der Waals surface area contributed by atoms with Crippen molar-refractivity contribution in [3.05, 3.63) is 94.1 Å². The number of rotatable bonds is 2. The van der Waals surface area contributed by atoms with Crippen LogP contribution in [0.2, 0.25) is 0 Å². The van der Waals surface area contributed by atoms with Gasteiger partial charge in [-0.3, -0.25) is 0 Å². The summed E-state index contributed by atoms with van der Waals surface area (Å²) in [5, 5.41) is 1.09. The van der Waals surface area contributed by atoms with Gasteiger partial charge in [-0.15, -0.1) is 0 Å². The predicted octanol–water partition coefficient (Wildman–Crippen LogP) is 5.62. The number of primary amides is 1. The van der Waals surface area contributed by atoms with Crippen LogP contribution in [0, 0.1) is 0 Å². The summed E-state index contributed by atoms with van der Waals surface area (Å²) in [5.74, 6) is 0. The molecule has 1 atom stereocenters. The molecule has 5 heteroatoms. The number of fused-ring (bicyclic) bond motifs is 2. The molecule has 29 heavy (non-hydrogen) atoms. The van der Waals surface area contributed by atoms with Gasteiger partial charge in [0.05, 0.1) is 6.04 Å². The van der Waals surface area contributed by atoms with Gasteiger partial charge in [-0.25, -0.2) is 4.79 Å². The third-order valence-corrected chi connectivity index (χ3v) is 6.23. The van der Waals surface area contributed by atoms with Crippen molar-refractivity contribution in [2.45, 2.75) is 12.5 Å². The van der Waals surface area contributed by atoms with Crippen LogP contribution in [0.4, 0.5) is 4.79 Å². The molecule has 2 amide bonds. The molecule has 3 N–H and O–H groups in total. The van der Waals surface area contributed by atoms with E-state index in [-0.39, 0.29) is 6.04 Å². The molecule has 5 rings (SSSR count). The minimum Gasteiger partial charge on any atom is -0.361 e. The van der Waals surface area contributed by atoms with E-state index in [4.69, 9.17) is 5.73 Å². The van der Waals surface area contributed by atoms with Crippen LogP contribution in [-0.2, 0) is 6.42 Å². The molecule has 1 aliphatic heterocycles. The number of carbonyl (C=O) groups is 1. The van der Waals surface area contributed by atoms with Crippen LogP contribution < -0.4 is 5.73 Å². The highest BCUT2D eigenvalue weighted by Gasteiger charge is 2.32. The van der Waals surface area contributed by atoms with Gasteiger partial charge < -0.3 is 15.6 Å². The molecule has 0 bridgehead atoms. The number of hydrogen-bond acceptors (Lipinski definition) is 1. The van der Waals surface area contributed by atoms with E-state index in [1.165, 1.54) is 16.7 Å². The maximum Gasteiger partial charge on any atom is 0.315 e. The summed E-state index contributed by atoms with van der Waals surface area (Å²) in [4.78, 5) is 17.4. The van der Waals surface area contributed by atoms with Gasteiger partial charge in [0.25, 0.3) is 0 Å². The predicted molar refractivity (Wildman–Crippen MR) is 120 cm³/mol. The molecule has 1 aromatic heterocycles. The Morgan fingerprint density at radius 3 is 2.62 bits per heavy atom. The molecule has 0 saturated heterocycles. The molecule has 144 valence electrons. The molecule has 0 aliphatic carbocycles. The van der Waals surface area contributed by atoms with Gasteiger partial charge >= 0.3 is 6.03 Å². The number of nitrogens with two attached hydrogens (primary N) is 1. The number of amides is 2. The highest BCUT2D eigenvalue weighted by atomic mass is 79.9. The number of nitrogens with one attached hydrogen (secondary N) is 1. The lowest BCUT2D eigenvalue weighted by Gasteiger charge is -2.36. The molecule has 0 radical (unpaired) electrons. The zero-order valence-electron chi connectivity index (χ0n) is 15.7. The second-order valence-electron chi connectivity index (χ2n) is 7.40. The van der Waals surface area contributed by atoms with Crippen molar-refractivity contribution in [3.8, 4) is 11.1 Å². The first-order valence-corrected chi connectivity index (χ1v) is 10.4. The molecular formula is C24H20BrN3O. The molecule has 0 spiro atoms. The molecule has 2 heterocycles. The number of carbonyl (C=O) groups excluding carboxylic acids is 1. The van der Waals surface area contributed by atoms with E-state index in [2.05, 4.69) is 69.4 Å². The van der Waals surface area contributed by atoms with E-state index in [1.54, 1.807) is 4.90 Å². The van der Waals surface area contributed by atoms with Crippen LogP contribution in [-0.4, -0.2) is 22.5 Å². The van der Waals surface area contributed by atoms with Crippen LogP contribution in [0.25, 0.3) is 22.0 Å².